The van der Waals surface area contributed by atoms with Crippen LogP contribution in [0.15, 0.2) is 24.3 Å². The molecule has 0 radical (unpaired) electrons. The number of rotatable bonds is 4. The molecule has 3 nitrogen and oxygen atoms in total. The Morgan fingerprint density at radius 2 is 2.28 bits per heavy atom. The first-order valence-corrected chi connectivity index (χ1v) is 6.25. The molecule has 1 aromatic carbocycles. The van der Waals surface area contributed by atoms with Gasteiger partial charge in [0.05, 0.1) is 5.92 Å². The van der Waals surface area contributed by atoms with Gasteiger partial charge in [-0.15, -0.1) is 0 Å². The molecule has 0 spiro atoms. The predicted molar refractivity (Wildman–Crippen MR) is 66.6 cm³/mol. The van der Waals surface area contributed by atoms with Gasteiger partial charge in [-0.1, -0.05) is 18.6 Å². The highest BCUT2D eigenvalue weighted by atomic mass is 19.1. The smallest absolute Gasteiger partial charge is 0.308 e. The second-order valence-corrected chi connectivity index (χ2v) is 4.99. The van der Waals surface area contributed by atoms with Gasteiger partial charge in [-0.3, -0.25) is 9.69 Å². The molecule has 98 valence electrons. The molecule has 1 fully saturated rings. The van der Waals surface area contributed by atoms with Crippen LogP contribution in [0.4, 0.5) is 4.39 Å². The molecular weight excluding hydrogens is 233 g/mol. The SMILES string of the molecule is CN(Cc1cccc(F)c1)C1CCCC1C(=O)O. The van der Waals surface area contributed by atoms with Gasteiger partial charge in [-0.2, -0.15) is 0 Å². The highest BCUT2D eigenvalue weighted by Gasteiger charge is 2.35. The minimum absolute atomic E-state index is 0.0609. The van der Waals surface area contributed by atoms with E-state index in [2.05, 4.69) is 0 Å². The lowest BCUT2D eigenvalue weighted by atomic mass is 10.0. The van der Waals surface area contributed by atoms with Gasteiger partial charge < -0.3 is 5.11 Å². The molecule has 18 heavy (non-hydrogen) atoms. The van der Waals surface area contributed by atoms with E-state index in [1.165, 1.54) is 12.1 Å². The zero-order valence-electron chi connectivity index (χ0n) is 10.5. The third kappa shape index (κ3) is 2.88. The van der Waals surface area contributed by atoms with Gasteiger partial charge in [0.15, 0.2) is 0 Å². The van der Waals surface area contributed by atoms with Crippen LogP contribution in [0.2, 0.25) is 0 Å². The zero-order chi connectivity index (χ0) is 13.1. The van der Waals surface area contributed by atoms with E-state index < -0.39 is 5.97 Å². The van der Waals surface area contributed by atoms with E-state index in [0.29, 0.717) is 6.54 Å². The number of nitrogens with zero attached hydrogens (tertiary/aromatic N) is 1. The number of hydrogen-bond acceptors (Lipinski definition) is 2. The number of benzene rings is 1. The fourth-order valence-corrected chi connectivity index (χ4v) is 2.80. The van der Waals surface area contributed by atoms with E-state index in [4.69, 9.17) is 5.11 Å². The molecule has 2 unspecified atom stereocenters. The van der Waals surface area contributed by atoms with Gasteiger partial charge >= 0.3 is 5.97 Å². The molecule has 1 aromatic rings. The first kappa shape index (κ1) is 13.0. The minimum atomic E-state index is -0.719. The molecule has 0 aliphatic heterocycles. The monoisotopic (exact) mass is 251 g/mol. The van der Waals surface area contributed by atoms with Crippen LogP contribution in [0.25, 0.3) is 0 Å². The average Bonchev–Trinajstić information content (AvgIpc) is 2.77. The summed E-state index contributed by atoms with van der Waals surface area (Å²) < 4.78 is 13.1. The van der Waals surface area contributed by atoms with Crippen molar-refractivity contribution in [1.82, 2.24) is 4.90 Å². The Morgan fingerprint density at radius 1 is 1.50 bits per heavy atom. The van der Waals surface area contributed by atoms with Crippen molar-refractivity contribution in [2.24, 2.45) is 5.92 Å². The summed E-state index contributed by atoms with van der Waals surface area (Å²) in [6.07, 6.45) is 2.60. The van der Waals surface area contributed by atoms with Gasteiger partial charge in [-0.25, -0.2) is 4.39 Å². The van der Waals surface area contributed by atoms with Crippen LogP contribution < -0.4 is 0 Å². The summed E-state index contributed by atoms with van der Waals surface area (Å²) in [5.41, 5.74) is 0.883. The zero-order valence-corrected chi connectivity index (χ0v) is 10.5. The van der Waals surface area contributed by atoms with Crippen molar-refractivity contribution >= 4 is 5.97 Å². The second kappa shape index (κ2) is 5.48. The number of hydrogen-bond donors (Lipinski definition) is 1. The molecule has 0 heterocycles. The van der Waals surface area contributed by atoms with Crippen molar-refractivity contribution in [3.8, 4) is 0 Å². The average molecular weight is 251 g/mol. The maximum atomic E-state index is 13.1. The van der Waals surface area contributed by atoms with E-state index in [-0.39, 0.29) is 17.8 Å². The molecule has 4 heteroatoms. The van der Waals surface area contributed by atoms with E-state index in [1.807, 2.05) is 18.0 Å². The third-order valence-corrected chi connectivity index (χ3v) is 3.68. The Morgan fingerprint density at radius 3 is 2.94 bits per heavy atom. The summed E-state index contributed by atoms with van der Waals surface area (Å²) in [4.78, 5) is 13.2. The van der Waals surface area contributed by atoms with Crippen LogP contribution in [0, 0.1) is 11.7 Å². The number of carbonyl (C=O) groups is 1. The lowest BCUT2D eigenvalue weighted by Crippen LogP contribution is -2.37. The predicted octanol–water partition coefficient (Wildman–Crippen LogP) is 2.51. The highest BCUT2D eigenvalue weighted by Crippen LogP contribution is 2.30. The molecule has 0 saturated heterocycles. The topological polar surface area (TPSA) is 40.5 Å². The lowest BCUT2D eigenvalue weighted by molar-refractivity contribution is -0.143. The lowest BCUT2D eigenvalue weighted by Gasteiger charge is -2.27. The molecule has 1 N–H and O–H groups in total. The fourth-order valence-electron chi connectivity index (χ4n) is 2.80. The van der Waals surface area contributed by atoms with Crippen LogP contribution >= 0.6 is 0 Å². The first-order valence-electron chi connectivity index (χ1n) is 6.25. The summed E-state index contributed by atoms with van der Waals surface area (Å²) in [5, 5.41) is 9.16. The van der Waals surface area contributed by atoms with Crippen molar-refractivity contribution in [1.29, 1.82) is 0 Å². The van der Waals surface area contributed by atoms with Crippen molar-refractivity contribution in [3.63, 3.8) is 0 Å². The number of aliphatic carboxylic acids is 1. The van der Waals surface area contributed by atoms with Gasteiger partial charge in [0.2, 0.25) is 0 Å². The minimum Gasteiger partial charge on any atom is -0.481 e. The van der Waals surface area contributed by atoms with Gasteiger partial charge in [-0.05, 0) is 37.6 Å². The van der Waals surface area contributed by atoms with Crippen LogP contribution in [-0.4, -0.2) is 29.1 Å². The van der Waals surface area contributed by atoms with E-state index in [1.54, 1.807) is 6.07 Å². The summed E-state index contributed by atoms with van der Waals surface area (Å²) in [5.74, 6) is -1.26. The summed E-state index contributed by atoms with van der Waals surface area (Å²) >= 11 is 0. The number of carboxylic acids is 1. The molecular formula is C14H18FNO2. The molecule has 1 saturated carbocycles. The fraction of sp³-hybridized carbons (Fsp3) is 0.500. The Balaban J connectivity index is 2.03. The highest BCUT2D eigenvalue weighted by molar-refractivity contribution is 5.71. The Hall–Kier alpha value is -1.42. The number of carboxylic acid groups (broad SMARTS) is 1. The maximum absolute atomic E-state index is 13.1. The molecule has 1 aliphatic rings. The van der Waals surface area contributed by atoms with Crippen LogP contribution in [0.5, 0.6) is 0 Å². The standard InChI is InChI=1S/C14H18FNO2/c1-16(9-10-4-2-5-11(15)8-10)13-7-3-6-12(13)14(17)18/h2,4-5,8,12-13H,3,6-7,9H2,1H3,(H,17,18). The quantitative estimate of drug-likeness (QED) is 0.893. The summed E-state index contributed by atoms with van der Waals surface area (Å²) in [6, 6.07) is 6.53. The van der Waals surface area contributed by atoms with E-state index in [0.717, 1.165) is 24.8 Å². The van der Waals surface area contributed by atoms with E-state index >= 15 is 0 Å². The van der Waals surface area contributed by atoms with Crippen molar-refractivity contribution in [2.45, 2.75) is 31.8 Å². The molecule has 0 bridgehead atoms. The van der Waals surface area contributed by atoms with Gasteiger partial charge in [0, 0.05) is 12.6 Å². The molecule has 1 aliphatic carbocycles. The van der Waals surface area contributed by atoms with Crippen LogP contribution in [0.1, 0.15) is 24.8 Å². The second-order valence-electron chi connectivity index (χ2n) is 4.99. The Labute approximate surface area is 106 Å². The first-order chi connectivity index (χ1) is 8.58. The normalized spacial score (nSPS) is 23.5. The summed E-state index contributed by atoms with van der Waals surface area (Å²) in [7, 11) is 1.91. The van der Waals surface area contributed by atoms with E-state index in [9.17, 15) is 9.18 Å². The van der Waals surface area contributed by atoms with Crippen molar-refractivity contribution in [2.75, 3.05) is 7.05 Å². The molecule has 2 rings (SSSR count). The Kier molecular flexibility index (Phi) is 3.97. The molecule has 0 amide bonds. The Bertz CT molecular complexity index is 436. The van der Waals surface area contributed by atoms with Crippen molar-refractivity contribution in [3.05, 3.63) is 35.6 Å². The molecule has 2 atom stereocenters. The third-order valence-electron chi connectivity index (χ3n) is 3.68. The van der Waals surface area contributed by atoms with Gasteiger partial charge in [0.1, 0.15) is 5.82 Å². The van der Waals surface area contributed by atoms with Crippen molar-refractivity contribution < 1.29 is 14.3 Å². The van der Waals surface area contributed by atoms with Gasteiger partial charge in [0.25, 0.3) is 0 Å². The largest absolute Gasteiger partial charge is 0.481 e. The summed E-state index contributed by atoms with van der Waals surface area (Å²) in [6.45, 7) is 0.589. The van der Waals surface area contributed by atoms with Crippen LogP contribution in [-0.2, 0) is 11.3 Å². The molecule has 0 aromatic heterocycles. The van der Waals surface area contributed by atoms with Crippen LogP contribution in [0.3, 0.4) is 0 Å². The maximum Gasteiger partial charge on any atom is 0.308 e. The number of halogens is 1.